The Balaban J connectivity index is 1.58. The molecular weight excluding hydrogens is 396 g/mol. The summed E-state index contributed by atoms with van der Waals surface area (Å²) in [5.41, 5.74) is 2.33. The summed E-state index contributed by atoms with van der Waals surface area (Å²) < 4.78 is 7.28. The Kier molecular flexibility index (Phi) is 6.79. The Morgan fingerprint density at radius 1 is 1.20 bits per heavy atom. The number of carbonyl (C=O) groups excluding carboxylic acids is 1. The fourth-order valence-corrected chi connectivity index (χ4v) is 5.23. The lowest BCUT2D eigenvalue weighted by molar-refractivity contribution is -0.0290. The Hall–Kier alpha value is -2.25. The van der Waals surface area contributed by atoms with Gasteiger partial charge in [0.05, 0.1) is 24.2 Å². The summed E-state index contributed by atoms with van der Waals surface area (Å²) in [6, 6.07) is 18.7. The van der Waals surface area contributed by atoms with Crippen LogP contribution in [-0.4, -0.2) is 67.3 Å². The molecule has 1 aromatic heterocycles. The molecule has 5 nitrogen and oxygen atoms in total. The number of amides is 1. The second kappa shape index (κ2) is 9.71. The lowest BCUT2D eigenvalue weighted by Gasteiger charge is -2.33. The number of thiophene rings is 1. The van der Waals surface area contributed by atoms with E-state index >= 15 is 0 Å². The average Bonchev–Trinajstić information content (AvgIpc) is 3.18. The van der Waals surface area contributed by atoms with Gasteiger partial charge in [-0.1, -0.05) is 48.5 Å². The molecule has 3 aromatic rings. The molecule has 6 heteroatoms. The van der Waals surface area contributed by atoms with Gasteiger partial charge in [-0.05, 0) is 23.4 Å². The maximum absolute atomic E-state index is 13.1. The maximum Gasteiger partial charge on any atom is 0.264 e. The number of hydrogen-bond donors (Lipinski definition) is 1. The van der Waals surface area contributed by atoms with Crippen LogP contribution in [0.1, 0.15) is 26.9 Å². The van der Waals surface area contributed by atoms with E-state index in [-0.39, 0.29) is 18.6 Å². The maximum atomic E-state index is 13.1. The third-order valence-corrected chi connectivity index (χ3v) is 6.82. The van der Waals surface area contributed by atoms with E-state index in [9.17, 15) is 9.90 Å². The standard InChI is InChI=1S/C24H28N2O3S/c1-25(13-15-27)24(28)23-22(19-9-5-6-10-21(19)30-23)20-17-26(14-16-29-20)12-11-18-7-3-2-4-8-18/h2-10,20,27H,11-17H2,1H3/t20-/m1/s1. The van der Waals surface area contributed by atoms with Gasteiger partial charge < -0.3 is 14.7 Å². The van der Waals surface area contributed by atoms with Crippen LogP contribution < -0.4 is 0 Å². The molecule has 158 valence electrons. The van der Waals surface area contributed by atoms with Gasteiger partial charge in [-0.25, -0.2) is 0 Å². The number of aliphatic hydroxyl groups excluding tert-OH is 1. The van der Waals surface area contributed by atoms with E-state index < -0.39 is 0 Å². The first-order valence-corrected chi connectivity index (χ1v) is 11.2. The number of rotatable bonds is 7. The molecule has 1 N–H and O–H groups in total. The molecule has 2 heterocycles. The molecule has 1 aliphatic rings. The highest BCUT2D eigenvalue weighted by Gasteiger charge is 2.30. The number of benzene rings is 2. The average molecular weight is 425 g/mol. The fourth-order valence-electron chi connectivity index (χ4n) is 3.98. The zero-order chi connectivity index (χ0) is 20.9. The van der Waals surface area contributed by atoms with Gasteiger partial charge in [0, 0.05) is 43.5 Å². The highest BCUT2D eigenvalue weighted by atomic mass is 32.1. The first-order chi connectivity index (χ1) is 14.7. The van der Waals surface area contributed by atoms with Crippen LogP contribution in [0.2, 0.25) is 0 Å². The smallest absolute Gasteiger partial charge is 0.264 e. The monoisotopic (exact) mass is 424 g/mol. The molecule has 1 amide bonds. The van der Waals surface area contributed by atoms with Crippen molar-refractivity contribution in [2.75, 3.05) is 46.4 Å². The number of fused-ring (bicyclic) bond motifs is 1. The number of ether oxygens (including phenoxy) is 1. The van der Waals surface area contributed by atoms with Gasteiger partial charge in [-0.3, -0.25) is 9.69 Å². The second-order valence-corrected chi connectivity index (χ2v) is 8.74. The van der Waals surface area contributed by atoms with E-state index in [1.165, 1.54) is 16.9 Å². The molecule has 30 heavy (non-hydrogen) atoms. The highest BCUT2D eigenvalue weighted by Crippen LogP contribution is 2.38. The quantitative estimate of drug-likeness (QED) is 0.630. The van der Waals surface area contributed by atoms with Crippen molar-refractivity contribution >= 4 is 27.3 Å². The molecule has 0 saturated carbocycles. The van der Waals surface area contributed by atoms with Gasteiger partial charge >= 0.3 is 0 Å². The Labute approximate surface area is 181 Å². The van der Waals surface area contributed by atoms with E-state index in [2.05, 4.69) is 41.3 Å². The summed E-state index contributed by atoms with van der Waals surface area (Å²) in [5.74, 6) is -0.0507. The van der Waals surface area contributed by atoms with Gasteiger partial charge in [0.15, 0.2) is 0 Å². The number of carbonyl (C=O) groups is 1. The molecule has 1 saturated heterocycles. The summed E-state index contributed by atoms with van der Waals surface area (Å²) in [7, 11) is 1.74. The third-order valence-electron chi connectivity index (χ3n) is 5.64. The zero-order valence-corrected chi connectivity index (χ0v) is 18.1. The van der Waals surface area contributed by atoms with Crippen molar-refractivity contribution in [3.63, 3.8) is 0 Å². The molecule has 0 bridgehead atoms. The van der Waals surface area contributed by atoms with Gasteiger partial charge in [-0.2, -0.15) is 0 Å². The third kappa shape index (κ3) is 4.57. The fraction of sp³-hybridized carbons (Fsp3) is 0.375. The van der Waals surface area contributed by atoms with Crippen LogP contribution in [0.5, 0.6) is 0 Å². The molecular formula is C24H28N2O3S. The largest absolute Gasteiger partial charge is 0.395 e. The molecule has 0 unspecified atom stereocenters. The van der Waals surface area contributed by atoms with Gasteiger partial charge in [0.25, 0.3) is 5.91 Å². The van der Waals surface area contributed by atoms with Crippen LogP contribution in [0, 0.1) is 0 Å². The minimum atomic E-state index is -0.132. The molecule has 0 spiro atoms. The van der Waals surface area contributed by atoms with Gasteiger partial charge in [0.2, 0.25) is 0 Å². The van der Waals surface area contributed by atoms with Crippen molar-refractivity contribution in [1.29, 1.82) is 0 Å². The summed E-state index contributed by atoms with van der Waals surface area (Å²) in [6.45, 7) is 3.58. The lowest BCUT2D eigenvalue weighted by Crippen LogP contribution is -2.40. The molecule has 0 aliphatic carbocycles. The van der Waals surface area contributed by atoms with Crippen molar-refractivity contribution in [3.05, 3.63) is 70.6 Å². The molecule has 1 aliphatic heterocycles. The minimum Gasteiger partial charge on any atom is -0.395 e. The van der Waals surface area contributed by atoms with Crippen LogP contribution in [0.25, 0.3) is 10.1 Å². The highest BCUT2D eigenvalue weighted by molar-refractivity contribution is 7.21. The predicted octanol–water partition coefficient (Wildman–Crippen LogP) is 3.58. The molecule has 2 aromatic carbocycles. The normalized spacial score (nSPS) is 17.3. The van der Waals surface area contributed by atoms with Crippen molar-refractivity contribution in [1.82, 2.24) is 9.80 Å². The summed E-state index contributed by atoms with van der Waals surface area (Å²) in [6.07, 6.45) is 0.871. The first-order valence-electron chi connectivity index (χ1n) is 10.4. The Morgan fingerprint density at radius 3 is 2.77 bits per heavy atom. The van der Waals surface area contributed by atoms with Crippen molar-refractivity contribution in [2.45, 2.75) is 12.5 Å². The molecule has 0 radical (unpaired) electrons. The predicted molar refractivity (Wildman–Crippen MR) is 121 cm³/mol. The van der Waals surface area contributed by atoms with E-state index in [0.29, 0.717) is 13.2 Å². The van der Waals surface area contributed by atoms with Crippen LogP contribution in [0.3, 0.4) is 0 Å². The lowest BCUT2D eigenvalue weighted by atomic mass is 10.0. The number of aliphatic hydroxyl groups is 1. The molecule has 1 atom stereocenters. The minimum absolute atomic E-state index is 0.0460. The van der Waals surface area contributed by atoms with Crippen LogP contribution in [0.15, 0.2) is 54.6 Å². The van der Waals surface area contributed by atoms with Crippen LogP contribution >= 0.6 is 11.3 Å². The zero-order valence-electron chi connectivity index (χ0n) is 17.3. The van der Waals surface area contributed by atoms with Crippen LogP contribution in [0.4, 0.5) is 0 Å². The van der Waals surface area contributed by atoms with E-state index in [4.69, 9.17) is 4.74 Å². The summed E-state index contributed by atoms with van der Waals surface area (Å²) >= 11 is 1.52. The summed E-state index contributed by atoms with van der Waals surface area (Å²) in [4.78, 5) is 17.9. The van der Waals surface area contributed by atoms with Crippen molar-refractivity contribution in [2.24, 2.45) is 0 Å². The van der Waals surface area contributed by atoms with Crippen molar-refractivity contribution < 1.29 is 14.6 Å². The van der Waals surface area contributed by atoms with Gasteiger partial charge in [0.1, 0.15) is 0 Å². The van der Waals surface area contributed by atoms with Gasteiger partial charge in [-0.15, -0.1) is 11.3 Å². The SMILES string of the molecule is CN(CCO)C(=O)c1sc2ccccc2c1[C@H]1CN(CCc2ccccc2)CCO1. The number of hydrogen-bond acceptors (Lipinski definition) is 5. The topological polar surface area (TPSA) is 53.0 Å². The number of morpholine rings is 1. The van der Waals surface area contributed by atoms with Crippen molar-refractivity contribution in [3.8, 4) is 0 Å². The second-order valence-electron chi connectivity index (χ2n) is 7.69. The number of likely N-dealkylation sites (N-methyl/N-ethyl adjacent to an activating group) is 1. The Morgan fingerprint density at radius 2 is 1.97 bits per heavy atom. The molecule has 4 rings (SSSR count). The van der Waals surface area contributed by atoms with E-state index in [0.717, 1.165) is 46.6 Å². The molecule has 1 fully saturated rings. The Bertz CT molecular complexity index is 989. The first kappa shape index (κ1) is 21.0. The van der Waals surface area contributed by atoms with E-state index in [1.54, 1.807) is 11.9 Å². The van der Waals surface area contributed by atoms with Crippen LogP contribution in [-0.2, 0) is 11.2 Å². The number of nitrogens with zero attached hydrogens (tertiary/aromatic N) is 2. The summed E-state index contributed by atoms with van der Waals surface area (Å²) in [5, 5.41) is 10.4. The van der Waals surface area contributed by atoms with E-state index in [1.807, 2.05) is 18.2 Å².